The van der Waals surface area contributed by atoms with Crippen LogP contribution < -0.4 is 16.8 Å². The lowest BCUT2D eigenvalue weighted by Gasteiger charge is -2.27. The number of likely N-dealkylation sites (tertiary alicyclic amines) is 1. The molecule has 3 rings (SSSR count). The average molecular weight is 543 g/mol. The van der Waals surface area contributed by atoms with E-state index in [2.05, 4.69) is 5.32 Å². The highest BCUT2D eigenvalue weighted by molar-refractivity contribution is 8.77. The molecule has 1 amide bonds. The Hall–Kier alpha value is -0.480. The maximum atomic E-state index is 13.1. The molecule has 2 saturated heterocycles. The highest BCUT2D eigenvalue weighted by Crippen LogP contribution is 2.38. The number of rotatable bonds is 15. The second-order valence-electron chi connectivity index (χ2n) is 10.9. The van der Waals surface area contributed by atoms with Crippen molar-refractivity contribution in [2.75, 3.05) is 31.9 Å². The van der Waals surface area contributed by atoms with Gasteiger partial charge in [-0.25, -0.2) is 0 Å². The molecule has 208 valence electrons. The number of hydrogen-bond donors (Lipinski definition) is 3. The van der Waals surface area contributed by atoms with Gasteiger partial charge in [0, 0.05) is 49.5 Å². The van der Waals surface area contributed by atoms with Gasteiger partial charge in [-0.1, -0.05) is 60.1 Å². The Kier molecular flexibility index (Phi) is 14.3. The van der Waals surface area contributed by atoms with E-state index >= 15 is 0 Å². The molecule has 0 radical (unpaired) electrons. The minimum atomic E-state index is -0.377. The molecule has 9 heteroatoms. The molecule has 0 aromatic rings. The van der Waals surface area contributed by atoms with Crippen molar-refractivity contribution in [1.29, 1.82) is 0 Å². The number of nitrogens with two attached hydrogens (primary N) is 2. The summed E-state index contributed by atoms with van der Waals surface area (Å²) in [6, 6.07) is 0.167. The van der Waals surface area contributed by atoms with Crippen LogP contribution in [0.2, 0.25) is 0 Å². The molecule has 0 aromatic carbocycles. The van der Waals surface area contributed by atoms with E-state index in [9.17, 15) is 9.59 Å². The summed E-state index contributed by atoms with van der Waals surface area (Å²) in [4.78, 5) is 27.5. The SMILES string of the molecule is NCCCC(NCCC(=O)N1CC(C2CCCCC2)CC1CN)OC(=O)CCCCC1CCCSS1. The van der Waals surface area contributed by atoms with E-state index in [0.717, 1.165) is 43.4 Å². The third kappa shape index (κ3) is 10.4. The second-order valence-corrected chi connectivity index (χ2v) is 13.7. The number of ether oxygens (including phenoxy) is 1. The fraction of sp³-hybridized carbons (Fsp3) is 0.926. The molecule has 0 spiro atoms. The van der Waals surface area contributed by atoms with Gasteiger partial charge >= 0.3 is 5.97 Å². The van der Waals surface area contributed by atoms with Gasteiger partial charge in [0.1, 0.15) is 0 Å². The number of carbonyl (C=O) groups is 2. The van der Waals surface area contributed by atoms with E-state index in [0.29, 0.717) is 44.8 Å². The molecule has 0 aromatic heterocycles. The van der Waals surface area contributed by atoms with Crippen LogP contribution in [0.5, 0.6) is 0 Å². The van der Waals surface area contributed by atoms with Crippen LogP contribution in [-0.4, -0.2) is 66.2 Å². The number of nitrogens with one attached hydrogen (secondary N) is 1. The topological polar surface area (TPSA) is 111 Å². The summed E-state index contributed by atoms with van der Waals surface area (Å²) in [6.45, 7) is 2.45. The van der Waals surface area contributed by atoms with Crippen LogP contribution in [0.1, 0.15) is 96.3 Å². The summed E-state index contributed by atoms with van der Waals surface area (Å²) in [5, 5.41) is 4.05. The lowest BCUT2D eigenvalue weighted by molar-refractivity contribution is -0.151. The van der Waals surface area contributed by atoms with Gasteiger partial charge < -0.3 is 21.1 Å². The summed E-state index contributed by atoms with van der Waals surface area (Å²) in [5.41, 5.74) is 11.7. The maximum Gasteiger partial charge on any atom is 0.307 e. The molecule has 1 saturated carbocycles. The zero-order valence-electron chi connectivity index (χ0n) is 22.2. The standard InChI is InChI=1S/C27H50N4O3S2/c28-15-6-12-25(34-27(33)13-5-4-10-24-11-7-17-35-36-24)30-16-14-26(32)31-20-22(18-23(31)19-29)21-8-2-1-3-9-21/h21-25,30H,1-20,28-29H2. The first-order chi connectivity index (χ1) is 17.6. The van der Waals surface area contributed by atoms with Crippen molar-refractivity contribution in [2.24, 2.45) is 23.3 Å². The second kappa shape index (κ2) is 17.2. The number of esters is 1. The summed E-state index contributed by atoms with van der Waals surface area (Å²) in [7, 11) is 3.99. The van der Waals surface area contributed by atoms with Crippen molar-refractivity contribution in [3.63, 3.8) is 0 Å². The monoisotopic (exact) mass is 542 g/mol. The molecule has 5 N–H and O–H groups in total. The minimum Gasteiger partial charge on any atom is -0.447 e. The van der Waals surface area contributed by atoms with Gasteiger partial charge in [-0.15, -0.1) is 0 Å². The predicted molar refractivity (Wildman–Crippen MR) is 152 cm³/mol. The molecule has 36 heavy (non-hydrogen) atoms. The van der Waals surface area contributed by atoms with Crippen LogP contribution in [0.3, 0.4) is 0 Å². The number of hydrogen-bond acceptors (Lipinski definition) is 8. The molecule has 1 aliphatic carbocycles. The fourth-order valence-electron chi connectivity index (χ4n) is 6.03. The van der Waals surface area contributed by atoms with E-state index in [4.69, 9.17) is 16.2 Å². The van der Waals surface area contributed by atoms with Crippen LogP contribution in [0.15, 0.2) is 0 Å². The van der Waals surface area contributed by atoms with Crippen LogP contribution in [0.25, 0.3) is 0 Å². The third-order valence-electron chi connectivity index (χ3n) is 8.13. The quantitative estimate of drug-likeness (QED) is 0.121. The highest BCUT2D eigenvalue weighted by atomic mass is 33.1. The van der Waals surface area contributed by atoms with Crippen molar-refractivity contribution < 1.29 is 14.3 Å². The van der Waals surface area contributed by atoms with E-state index in [1.807, 2.05) is 26.5 Å². The lowest BCUT2D eigenvalue weighted by atomic mass is 9.79. The largest absolute Gasteiger partial charge is 0.447 e. The first kappa shape index (κ1) is 30.1. The smallest absolute Gasteiger partial charge is 0.307 e. The normalized spacial score (nSPS) is 26.2. The number of nitrogens with zero attached hydrogens (tertiary/aromatic N) is 1. The van der Waals surface area contributed by atoms with Crippen LogP contribution in [0.4, 0.5) is 0 Å². The number of carbonyl (C=O) groups excluding carboxylic acids is 2. The fourth-order valence-corrected chi connectivity index (χ4v) is 8.93. The lowest BCUT2D eigenvalue weighted by Crippen LogP contribution is -2.42. The Balaban J connectivity index is 1.35. The van der Waals surface area contributed by atoms with Crippen molar-refractivity contribution in [1.82, 2.24) is 10.2 Å². The molecule has 2 heterocycles. The Morgan fingerprint density at radius 3 is 2.56 bits per heavy atom. The first-order valence-corrected chi connectivity index (χ1v) is 16.9. The van der Waals surface area contributed by atoms with Gasteiger partial charge in [0.15, 0.2) is 6.23 Å². The molecule has 4 unspecified atom stereocenters. The van der Waals surface area contributed by atoms with Crippen molar-refractivity contribution >= 4 is 33.5 Å². The molecule has 0 bridgehead atoms. The van der Waals surface area contributed by atoms with Gasteiger partial charge in [-0.2, -0.15) is 0 Å². The summed E-state index contributed by atoms with van der Waals surface area (Å²) in [6.07, 6.45) is 15.3. The molecular weight excluding hydrogens is 492 g/mol. The summed E-state index contributed by atoms with van der Waals surface area (Å²) in [5.74, 6) is 2.63. The van der Waals surface area contributed by atoms with Crippen LogP contribution >= 0.6 is 21.6 Å². The molecule has 4 atom stereocenters. The predicted octanol–water partition coefficient (Wildman–Crippen LogP) is 4.43. The van der Waals surface area contributed by atoms with Gasteiger partial charge in [0.05, 0.1) is 0 Å². The summed E-state index contributed by atoms with van der Waals surface area (Å²) < 4.78 is 5.73. The Labute approximate surface area is 226 Å². The van der Waals surface area contributed by atoms with Crippen molar-refractivity contribution in [3.8, 4) is 0 Å². The van der Waals surface area contributed by atoms with E-state index in [-0.39, 0.29) is 24.1 Å². The highest BCUT2D eigenvalue weighted by Gasteiger charge is 2.38. The minimum absolute atomic E-state index is 0.153. The molecular formula is C27H50N4O3S2. The third-order valence-corrected chi connectivity index (χ3v) is 11.2. The van der Waals surface area contributed by atoms with E-state index in [1.54, 1.807) is 0 Å². The van der Waals surface area contributed by atoms with Gasteiger partial charge in [0.25, 0.3) is 0 Å². The van der Waals surface area contributed by atoms with Crippen molar-refractivity contribution in [2.45, 2.75) is 114 Å². The van der Waals surface area contributed by atoms with Crippen LogP contribution in [0, 0.1) is 11.8 Å². The maximum absolute atomic E-state index is 13.1. The number of unbranched alkanes of at least 4 members (excludes halogenated alkanes) is 1. The Bertz CT molecular complexity index is 645. The van der Waals surface area contributed by atoms with Gasteiger partial charge in [0.2, 0.25) is 5.91 Å². The van der Waals surface area contributed by atoms with Crippen molar-refractivity contribution in [3.05, 3.63) is 0 Å². The van der Waals surface area contributed by atoms with Gasteiger partial charge in [-0.3, -0.25) is 14.9 Å². The first-order valence-electron chi connectivity index (χ1n) is 14.5. The molecule has 3 fully saturated rings. The zero-order valence-corrected chi connectivity index (χ0v) is 23.8. The van der Waals surface area contributed by atoms with Crippen LogP contribution in [-0.2, 0) is 14.3 Å². The Morgan fingerprint density at radius 2 is 1.83 bits per heavy atom. The average Bonchev–Trinajstić information content (AvgIpc) is 3.35. The van der Waals surface area contributed by atoms with Gasteiger partial charge in [-0.05, 0) is 63.3 Å². The van der Waals surface area contributed by atoms with E-state index in [1.165, 1.54) is 57.1 Å². The summed E-state index contributed by atoms with van der Waals surface area (Å²) >= 11 is 0. The zero-order chi connectivity index (χ0) is 25.6. The van der Waals surface area contributed by atoms with E-state index < -0.39 is 0 Å². The number of amides is 1. The molecule has 2 aliphatic heterocycles. The Morgan fingerprint density at radius 1 is 1.00 bits per heavy atom. The molecule has 3 aliphatic rings. The molecule has 7 nitrogen and oxygen atoms in total.